The third-order valence-electron chi connectivity index (χ3n) is 4.16. The van der Waals surface area contributed by atoms with E-state index in [9.17, 15) is 9.00 Å². The average Bonchev–Trinajstić information content (AvgIpc) is 2.85. The first kappa shape index (κ1) is 15.0. The smallest absolute Gasteiger partial charge is 0.230 e. The molecule has 0 spiro atoms. The third kappa shape index (κ3) is 2.71. The molecular formula is C18H19NO2S. The Balaban J connectivity index is 1.93. The van der Waals surface area contributed by atoms with Crippen molar-refractivity contribution in [2.45, 2.75) is 25.0 Å². The van der Waals surface area contributed by atoms with Crippen LogP contribution in [0.15, 0.2) is 42.5 Å². The zero-order chi connectivity index (χ0) is 15.7. The normalized spacial score (nSPS) is 15.0. The van der Waals surface area contributed by atoms with E-state index < -0.39 is 16.7 Å². The van der Waals surface area contributed by atoms with Crippen molar-refractivity contribution in [1.29, 1.82) is 0 Å². The molecule has 0 heterocycles. The van der Waals surface area contributed by atoms with E-state index in [-0.39, 0.29) is 11.0 Å². The number of hydrogen-bond donors (Lipinski definition) is 1. The standard InChI is InChI=1S/C18H19NO2S/c1-2-17(22(21)11-18(19)20)13-7-8-16-14(10-13)9-12-5-3-4-6-15(12)16/h3-8,10,17H,2,9,11H2,1H3,(H2,19,20). The molecule has 1 aliphatic rings. The topological polar surface area (TPSA) is 60.2 Å². The Morgan fingerprint density at radius 1 is 1.18 bits per heavy atom. The SMILES string of the molecule is CCC(c1ccc2c(c1)Cc1ccccc1-2)S(=O)CC(N)=O. The van der Waals surface area contributed by atoms with Crippen LogP contribution in [0.3, 0.4) is 0 Å². The highest BCUT2D eigenvalue weighted by Gasteiger charge is 2.23. The maximum Gasteiger partial charge on any atom is 0.230 e. The Hall–Kier alpha value is -1.94. The zero-order valence-corrected chi connectivity index (χ0v) is 13.4. The van der Waals surface area contributed by atoms with Crippen molar-refractivity contribution in [2.75, 3.05) is 5.75 Å². The lowest BCUT2D eigenvalue weighted by molar-refractivity contribution is -0.115. The van der Waals surface area contributed by atoms with E-state index in [1.165, 1.54) is 22.3 Å². The van der Waals surface area contributed by atoms with Crippen LogP contribution in [-0.2, 0) is 22.0 Å². The second-order valence-corrected chi connectivity index (χ2v) is 7.26. The molecule has 2 N–H and O–H groups in total. The summed E-state index contributed by atoms with van der Waals surface area (Å²) in [7, 11) is -1.26. The second-order valence-electron chi connectivity index (χ2n) is 5.64. The number of amides is 1. The monoisotopic (exact) mass is 313 g/mol. The Labute approximate surface area is 133 Å². The first-order valence-electron chi connectivity index (χ1n) is 7.46. The largest absolute Gasteiger partial charge is 0.369 e. The minimum Gasteiger partial charge on any atom is -0.369 e. The number of fused-ring (bicyclic) bond motifs is 3. The van der Waals surface area contributed by atoms with Gasteiger partial charge in [0.25, 0.3) is 0 Å². The van der Waals surface area contributed by atoms with E-state index in [0.717, 1.165) is 18.4 Å². The maximum atomic E-state index is 12.3. The molecule has 3 nitrogen and oxygen atoms in total. The van der Waals surface area contributed by atoms with E-state index in [2.05, 4.69) is 36.4 Å². The highest BCUT2D eigenvalue weighted by molar-refractivity contribution is 7.86. The van der Waals surface area contributed by atoms with Gasteiger partial charge in [-0.2, -0.15) is 0 Å². The van der Waals surface area contributed by atoms with E-state index in [1.54, 1.807) is 0 Å². The molecular weight excluding hydrogens is 294 g/mol. The summed E-state index contributed by atoms with van der Waals surface area (Å²) in [5.74, 6) is -0.583. The van der Waals surface area contributed by atoms with Gasteiger partial charge in [0, 0.05) is 10.8 Å². The summed E-state index contributed by atoms with van der Waals surface area (Å²) in [5.41, 5.74) is 11.4. The Morgan fingerprint density at radius 2 is 1.91 bits per heavy atom. The molecule has 0 fully saturated rings. The number of carbonyl (C=O) groups excluding carboxylic acids is 1. The summed E-state index contributed by atoms with van der Waals surface area (Å²) >= 11 is 0. The fourth-order valence-electron chi connectivity index (χ4n) is 3.18. The van der Waals surface area contributed by atoms with Gasteiger partial charge in [-0.05, 0) is 40.7 Å². The number of carbonyl (C=O) groups is 1. The molecule has 0 bridgehead atoms. The molecule has 0 saturated heterocycles. The molecule has 1 amide bonds. The van der Waals surface area contributed by atoms with Gasteiger partial charge in [0.1, 0.15) is 5.75 Å². The van der Waals surface area contributed by atoms with Gasteiger partial charge < -0.3 is 5.73 Å². The highest BCUT2D eigenvalue weighted by atomic mass is 32.2. The maximum absolute atomic E-state index is 12.3. The summed E-state index contributed by atoms with van der Waals surface area (Å²) in [5, 5.41) is -0.137. The molecule has 1 aliphatic carbocycles. The molecule has 3 rings (SSSR count). The van der Waals surface area contributed by atoms with Crippen molar-refractivity contribution in [1.82, 2.24) is 0 Å². The number of nitrogens with two attached hydrogens (primary N) is 1. The zero-order valence-electron chi connectivity index (χ0n) is 12.5. The quantitative estimate of drug-likeness (QED) is 0.787. The van der Waals surface area contributed by atoms with Crippen LogP contribution in [0.5, 0.6) is 0 Å². The van der Waals surface area contributed by atoms with Crippen molar-refractivity contribution in [2.24, 2.45) is 5.73 Å². The molecule has 2 atom stereocenters. The van der Waals surface area contributed by atoms with Crippen LogP contribution >= 0.6 is 0 Å². The highest BCUT2D eigenvalue weighted by Crippen LogP contribution is 2.38. The number of rotatable bonds is 5. The van der Waals surface area contributed by atoms with Gasteiger partial charge in [-0.25, -0.2) is 0 Å². The predicted molar refractivity (Wildman–Crippen MR) is 89.9 cm³/mol. The second kappa shape index (κ2) is 6.05. The van der Waals surface area contributed by atoms with Gasteiger partial charge in [-0.1, -0.05) is 49.4 Å². The van der Waals surface area contributed by atoms with E-state index >= 15 is 0 Å². The molecule has 2 unspecified atom stereocenters. The average molecular weight is 313 g/mol. The predicted octanol–water partition coefficient (Wildman–Crippen LogP) is 2.94. The first-order valence-corrected chi connectivity index (χ1v) is 8.85. The van der Waals surface area contributed by atoms with Crippen molar-refractivity contribution < 1.29 is 9.00 Å². The van der Waals surface area contributed by atoms with Gasteiger partial charge in [0.2, 0.25) is 5.91 Å². The van der Waals surface area contributed by atoms with Crippen LogP contribution in [0.2, 0.25) is 0 Å². The summed E-state index contributed by atoms with van der Waals surface area (Å²) in [6.45, 7) is 1.99. The van der Waals surface area contributed by atoms with E-state index in [4.69, 9.17) is 5.73 Å². The minimum atomic E-state index is -1.26. The van der Waals surface area contributed by atoms with Gasteiger partial charge in [-0.15, -0.1) is 0 Å². The van der Waals surface area contributed by atoms with Crippen molar-refractivity contribution in [3.8, 4) is 11.1 Å². The van der Waals surface area contributed by atoms with Crippen LogP contribution in [0.1, 0.15) is 35.3 Å². The minimum absolute atomic E-state index is 0.0736. The van der Waals surface area contributed by atoms with Crippen LogP contribution in [0, 0.1) is 0 Å². The van der Waals surface area contributed by atoms with Gasteiger partial charge in [0.05, 0.1) is 5.25 Å². The van der Waals surface area contributed by atoms with E-state index in [0.29, 0.717) is 0 Å². The number of benzene rings is 2. The van der Waals surface area contributed by atoms with Crippen LogP contribution in [0.4, 0.5) is 0 Å². The molecule has 0 aliphatic heterocycles. The molecule has 0 saturated carbocycles. The van der Waals surface area contributed by atoms with Crippen LogP contribution in [-0.4, -0.2) is 15.9 Å². The summed E-state index contributed by atoms with van der Waals surface area (Å²) in [4.78, 5) is 11.0. The third-order valence-corrected chi connectivity index (χ3v) is 5.97. The Morgan fingerprint density at radius 3 is 2.64 bits per heavy atom. The van der Waals surface area contributed by atoms with Crippen LogP contribution < -0.4 is 5.73 Å². The van der Waals surface area contributed by atoms with Crippen molar-refractivity contribution in [3.05, 3.63) is 59.2 Å². The first-order chi connectivity index (χ1) is 10.6. The molecule has 22 heavy (non-hydrogen) atoms. The van der Waals surface area contributed by atoms with Gasteiger partial charge in [-0.3, -0.25) is 9.00 Å². The fourth-order valence-corrected chi connectivity index (χ4v) is 4.48. The van der Waals surface area contributed by atoms with Crippen molar-refractivity contribution >= 4 is 16.7 Å². The summed E-state index contributed by atoms with van der Waals surface area (Å²) < 4.78 is 12.3. The lowest BCUT2D eigenvalue weighted by atomic mass is 10.0. The molecule has 4 heteroatoms. The molecule has 0 radical (unpaired) electrons. The molecule has 2 aromatic carbocycles. The fraction of sp³-hybridized carbons (Fsp3) is 0.278. The summed E-state index contributed by atoms with van der Waals surface area (Å²) in [6.07, 6.45) is 1.64. The van der Waals surface area contributed by atoms with Gasteiger partial charge >= 0.3 is 0 Å². The lowest BCUT2D eigenvalue weighted by Gasteiger charge is -2.15. The lowest BCUT2D eigenvalue weighted by Crippen LogP contribution is -2.22. The van der Waals surface area contributed by atoms with Gasteiger partial charge in [0.15, 0.2) is 0 Å². The Bertz CT molecular complexity index is 755. The van der Waals surface area contributed by atoms with Crippen LogP contribution in [0.25, 0.3) is 11.1 Å². The van der Waals surface area contributed by atoms with E-state index in [1.807, 2.05) is 13.0 Å². The number of hydrogen-bond acceptors (Lipinski definition) is 2. The molecule has 114 valence electrons. The Kier molecular flexibility index (Phi) is 4.12. The summed E-state index contributed by atoms with van der Waals surface area (Å²) in [6, 6.07) is 14.7. The number of primary amides is 1. The van der Waals surface area contributed by atoms with Crippen molar-refractivity contribution in [3.63, 3.8) is 0 Å². The molecule has 0 aromatic heterocycles. The molecule has 2 aromatic rings.